The molecule has 0 aliphatic heterocycles. The highest BCUT2D eigenvalue weighted by Gasteiger charge is 2.18. The second kappa shape index (κ2) is 14.3. The van der Waals surface area contributed by atoms with Crippen LogP contribution in [0.2, 0.25) is 0 Å². The maximum atomic E-state index is 5.87. The molecule has 0 saturated carbocycles. The van der Waals surface area contributed by atoms with E-state index in [1.54, 1.807) is 0 Å². The Hall–Kier alpha value is -0.163. The zero-order chi connectivity index (χ0) is 14.3. The van der Waals surface area contributed by atoms with Crippen LogP contribution in [0.4, 0.5) is 0 Å². The highest BCUT2D eigenvalue weighted by molar-refractivity contribution is 6.36. The molecule has 19 heavy (non-hydrogen) atoms. The van der Waals surface area contributed by atoms with Gasteiger partial charge in [0.2, 0.25) is 0 Å². The molecule has 4 heteroatoms. The van der Waals surface area contributed by atoms with E-state index in [9.17, 15) is 0 Å². The molecular formula is C15H32O3Si. The number of hydrogen-bond donors (Lipinski definition) is 0. The first-order chi connectivity index (χ1) is 9.24. The van der Waals surface area contributed by atoms with Crippen LogP contribution in [0.1, 0.15) is 65.7 Å². The summed E-state index contributed by atoms with van der Waals surface area (Å²) in [5.41, 5.74) is 0. The van der Waals surface area contributed by atoms with Gasteiger partial charge in [-0.2, -0.15) is 0 Å². The Labute approximate surface area is 121 Å². The number of unbranched alkanes of at least 4 members (excludes halogenated alkanes) is 4. The van der Waals surface area contributed by atoms with Crippen molar-refractivity contribution in [2.24, 2.45) is 0 Å². The van der Waals surface area contributed by atoms with E-state index in [2.05, 4.69) is 20.4 Å². The average molecular weight is 289 g/mol. The van der Waals surface area contributed by atoms with Crippen molar-refractivity contribution >= 4 is 9.53 Å². The Bertz CT molecular complexity index is 188. The maximum Gasteiger partial charge on any atom is 0.484 e. The molecule has 114 valence electrons. The molecule has 0 rings (SSSR count). The summed E-state index contributed by atoms with van der Waals surface area (Å²) in [6, 6.07) is 0. The zero-order valence-electron chi connectivity index (χ0n) is 13.0. The molecule has 0 aromatic heterocycles. The lowest BCUT2D eigenvalue weighted by Gasteiger charge is -2.20. The van der Waals surface area contributed by atoms with Crippen LogP contribution in [0.15, 0.2) is 12.7 Å². The number of rotatable bonds is 14. The lowest BCUT2D eigenvalue weighted by atomic mass is 10.3. The van der Waals surface area contributed by atoms with Crippen LogP contribution in [0.25, 0.3) is 0 Å². The molecule has 0 aromatic carbocycles. The van der Waals surface area contributed by atoms with E-state index in [-0.39, 0.29) is 6.10 Å². The summed E-state index contributed by atoms with van der Waals surface area (Å²) in [5, 5.41) is 0. The van der Waals surface area contributed by atoms with Gasteiger partial charge in [0, 0.05) is 19.3 Å². The van der Waals surface area contributed by atoms with E-state index >= 15 is 0 Å². The van der Waals surface area contributed by atoms with E-state index < -0.39 is 9.53 Å². The van der Waals surface area contributed by atoms with Gasteiger partial charge in [-0.1, -0.05) is 45.6 Å². The molecule has 0 saturated heterocycles. The van der Waals surface area contributed by atoms with E-state index in [0.717, 1.165) is 32.5 Å². The van der Waals surface area contributed by atoms with Crippen LogP contribution in [-0.2, 0) is 13.3 Å². The van der Waals surface area contributed by atoms with Crippen LogP contribution in [-0.4, -0.2) is 28.8 Å². The van der Waals surface area contributed by atoms with Crippen molar-refractivity contribution in [2.75, 3.05) is 13.2 Å². The Kier molecular flexibility index (Phi) is 14.1. The molecule has 0 aliphatic rings. The standard InChI is InChI=1S/C15H32O3Si/c1-5-8-10-13-16-19(17-14-11-9-6-2)18-15(4)12-7-3/h7,15,19H,3,5-6,8-14H2,1-2,4H3. The van der Waals surface area contributed by atoms with Gasteiger partial charge in [0.25, 0.3) is 0 Å². The summed E-state index contributed by atoms with van der Waals surface area (Å²) in [7, 11) is -1.96. The number of hydrogen-bond acceptors (Lipinski definition) is 3. The first-order valence-electron chi connectivity index (χ1n) is 7.74. The first-order valence-corrected chi connectivity index (χ1v) is 9.15. The normalized spacial score (nSPS) is 12.8. The van der Waals surface area contributed by atoms with Gasteiger partial charge >= 0.3 is 9.53 Å². The van der Waals surface area contributed by atoms with Crippen LogP contribution in [0.3, 0.4) is 0 Å². The second-order valence-electron chi connectivity index (χ2n) is 4.92. The monoisotopic (exact) mass is 288 g/mol. The molecule has 0 bridgehead atoms. The molecular weight excluding hydrogens is 256 g/mol. The average Bonchev–Trinajstić information content (AvgIpc) is 2.39. The second-order valence-corrected chi connectivity index (χ2v) is 6.43. The van der Waals surface area contributed by atoms with Gasteiger partial charge in [-0.25, -0.2) is 0 Å². The van der Waals surface area contributed by atoms with Crippen molar-refractivity contribution < 1.29 is 13.3 Å². The van der Waals surface area contributed by atoms with Crippen molar-refractivity contribution in [3.8, 4) is 0 Å². The van der Waals surface area contributed by atoms with E-state index in [1.165, 1.54) is 25.7 Å². The van der Waals surface area contributed by atoms with Gasteiger partial charge < -0.3 is 13.3 Å². The lowest BCUT2D eigenvalue weighted by molar-refractivity contribution is 0.0625. The van der Waals surface area contributed by atoms with Crippen molar-refractivity contribution in [1.29, 1.82) is 0 Å². The summed E-state index contributed by atoms with van der Waals surface area (Å²) in [5.74, 6) is 0. The lowest BCUT2D eigenvalue weighted by Crippen LogP contribution is -2.32. The zero-order valence-corrected chi connectivity index (χ0v) is 14.2. The fourth-order valence-corrected chi connectivity index (χ4v) is 3.13. The van der Waals surface area contributed by atoms with Crippen LogP contribution < -0.4 is 0 Å². The molecule has 0 N–H and O–H groups in total. The highest BCUT2D eigenvalue weighted by atomic mass is 28.3. The Morgan fingerprint density at radius 1 is 1.00 bits per heavy atom. The van der Waals surface area contributed by atoms with E-state index in [1.807, 2.05) is 13.0 Å². The third kappa shape index (κ3) is 12.6. The summed E-state index contributed by atoms with van der Waals surface area (Å²) >= 11 is 0. The molecule has 0 amide bonds. The third-order valence-corrected chi connectivity index (χ3v) is 4.55. The summed E-state index contributed by atoms with van der Waals surface area (Å²) in [4.78, 5) is 0. The Morgan fingerprint density at radius 2 is 1.53 bits per heavy atom. The smallest absolute Gasteiger partial charge is 0.376 e. The predicted octanol–water partition coefficient (Wildman–Crippen LogP) is 4.10. The van der Waals surface area contributed by atoms with E-state index in [0.29, 0.717) is 0 Å². The van der Waals surface area contributed by atoms with Gasteiger partial charge in [0.15, 0.2) is 0 Å². The first kappa shape index (κ1) is 18.8. The van der Waals surface area contributed by atoms with E-state index in [4.69, 9.17) is 13.3 Å². The van der Waals surface area contributed by atoms with Gasteiger partial charge in [0.05, 0.1) is 0 Å². The SMILES string of the molecule is C=CCC(C)O[SiH](OCCCCC)OCCCCC. The predicted molar refractivity (Wildman–Crippen MR) is 83.5 cm³/mol. The Morgan fingerprint density at radius 3 is 1.95 bits per heavy atom. The summed E-state index contributed by atoms with van der Waals surface area (Å²) in [6.45, 7) is 11.7. The van der Waals surface area contributed by atoms with Crippen molar-refractivity contribution in [3.05, 3.63) is 12.7 Å². The highest BCUT2D eigenvalue weighted by Crippen LogP contribution is 2.06. The van der Waals surface area contributed by atoms with Crippen LogP contribution >= 0.6 is 0 Å². The minimum atomic E-state index is -1.96. The molecule has 0 aromatic rings. The molecule has 0 fully saturated rings. The topological polar surface area (TPSA) is 27.7 Å². The minimum Gasteiger partial charge on any atom is -0.376 e. The fraction of sp³-hybridized carbons (Fsp3) is 0.867. The maximum absolute atomic E-state index is 5.87. The Balaban J connectivity index is 3.88. The van der Waals surface area contributed by atoms with Gasteiger partial charge in [0.1, 0.15) is 0 Å². The minimum absolute atomic E-state index is 0.145. The molecule has 0 radical (unpaired) electrons. The van der Waals surface area contributed by atoms with Gasteiger partial charge in [-0.05, 0) is 26.2 Å². The molecule has 1 unspecified atom stereocenters. The molecule has 0 heterocycles. The molecule has 3 nitrogen and oxygen atoms in total. The van der Waals surface area contributed by atoms with Crippen molar-refractivity contribution in [2.45, 2.75) is 71.8 Å². The summed E-state index contributed by atoms with van der Waals surface area (Å²) < 4.78 is 17.5. The summed E-state index contributed by atoms with van der Waals surface area (Å²) in [6.07, 6.45) is 9.89. The van der Waals surface area contributed by atoms with Crippen LogP contribution in [0, 0.1) is 0 Å². The third-order valence-electron chi connectivity index (χ3n) is 2.85. The quantitative estimate of drug-likeness (QED) is 0.274. The van der Waals surface area contributed by atoms with Crippen molar-refractivity contribution in [3.63, 3.8) is 0 Å². The molecule has 0 spiro atoms. The van der Waals surface area contributed by atoms with Gasteiger partial charge in [-0.15, -0.1) is 6.58 Å². The molecule has 1 atom stereocenters. The fourth-order valence-electron chi connectivity index (χ4n) is 1.67. The van der Waals surface area contributed by atoms with Gasteiger partial charge in [-0.3, -0.25) is 0 Å². The molecule has 0 aliphatic carbocycles. The largest absolute Gasteiger partial charge is 0.484 e. The van der Waals surface area contributed by atoms with Crippen molar-refractivity contribution in [1.82, 2.24) is 0 Å². The van der Waals surface area contributed by atoms with Crippen LogP contribution in [0.5, 0.6) is 0 Å².